The van der Waals surface area contributed by atoms with Gasteiger partial charge < -0.3 is 10.1 Å². The summed E-state index contributed by atoms with van der Waals surface area (Å²) in [5.41, 5.74) is 1.52. The summed E-state index contributed by atoms with van der Waals surface area (Å²) in [6, 6.07) is 12.7. The summed E-state index contributed by atoms with van der Waals surface area (Å²) < 4.78 is 62.7. The molecule has 2 saturated heterocycles. The topological polar surface area (TPSA) is 41.6 Å². The molecular formula is C28H34F4N2O2. The van der Waals surface area contributed by atoms with Crippen LogP contribution in [0.15, 0.2) is 48.5 Å². The molecule has 5 atom stereocenters. The summed E-state index contributed by atoms with van der Waals surface area (Å²) in [7, 11) is 1.58. The molecule has 0 spiro atoms. The number of methoxy groups -OCH3 is 1. The van der Waals surface area contributed by atoms with Crippen LogP contribution in [-0.2, 0) is 4.74 Å². The zero-order valence-corrected chi connectivity index (χ0v) is 20.7. The number of rotatable bonds is 7. The third-order valence-electron chi connectivity index (χ3n) is 7.88. The molecule has 8 heteroatoms. The summed E-state index contributed by atoms with van der Waals surface area (Å²) in [6.45, 7) is 3.79. The van der Waals surface area contributed by atoms with E-state index in [4.69, 9.17) is 4.74 Å². The average Bonchev–Trinajstić information content (AvgIpc) is 2.88. The zero-order chi connectivity index (χ0) is 25.9. The second-order valence-electron chi connectivity index (χ2n) is 10.0. The van der Waals surface area contributed by atoms with Crippen molar-refractivity contribution >= 4 is 5.78 Å². The van der Waals surface area contributed by atoms with Crippen LogP contribution in [0.2, 0.25) is 0 Å². The molecule has 0 aromatic heterocycles. The number of likely N-dealkylation sites (tertiary alicyclic amines) is 1. The van der Waals surface area contributed by atoms with Gasteiger partial charge >= 0.3 is 6.18 Å². The molecule has 2 aliphatic rings. The maximum atomic E-state index is 14.8. The molecule has 0 aliphatic carbocycles. The first-order valence-electron chi connectivity index (χ1n) is 12.6. The number of hydrogen-bond acceptors (Lipinski definition) is 4. The third kappa shape index (κ3) is 5.66. The molecule has 2 aliphatic heterocycles. The number of halogens is 4. The van der Waals surface area contributed by atoms with Crippen molar-refractivity contribution in [3.05, 3.63) is 71.0 Å². The molecule has 0 radical (unpaired) electrons. The van der Waals surface area contributed by atoms with Crippen LogP contribution >= 0.6 is 0 Å². The number of nitrogens with zero attached hydrogens (tertiary/aromatic N) is 1. The van der Waals surface area contributed by atoms with E-state index in [0.717, 1.165) is 0 Å². The third-order valence-corrected chi connectivity index (χ3v) is 7.88. The first-order valence-corrected chi connectivity index (χ1v) is 12.6. The lowest BCUT2D eigenvalue weighted by molar-refractivity contribution is -0.195. The number of ether oxygens (including phenoxy) is 1. The van der Waals surface area contributed by atoms with Crippen molar-refractivity contribution in [1.29, 1.82) is 0 Å². The Morgan fingerprint density at radius 2 is 1.86 bits per heavy atom. The summed E-state index contributed by atoms with van der Waals surface area (Å²) in [6.07, 6.45) is -3.88. The average molecular weight is 507 g/mol. The maximum Gasteiger partial charge on any atom is 0.393 e. The molecule has 2 heterocycles. The molecule has 36 heavy (non-hydrogen) atoms. The van der Waals surface area contributed by atoms with E-state index >= 15 is 0 Å². The van der Waals surface area contributed by atoms with E-state index in [1.165, 1.54) is 6.07 Å². The van der Waals surface area contributed by atoms with Crippen molar-refractivity contribution < 1.29 is 27.1 Å². The van der Waals surface area contributed by atoms with Crippen molar-refractivity contribution in [2.75, 3.05) is 39.9 Å². The van der Waals surface area contributed by atoms with Gasteiger partial charge in [-0.2, -0.15) is 13.2 Å². The Hall–Kier alpha value is -2.29. The summed E-state index contributed by atoms with van der Waals surface area (Å²) >= 11 is 0. The van der Waals surface area contributed by atoms with Gasteiger partial charge in [-0.05, 0) is 49.4 Å². The molecule has 0 amide bonds. The summed E-state index contributed by atoms with van der Waals surface area (Å²) in [5.74, 6) is -3.80. The SMILES string of the molecule is COCCN1CC(C(=O)c2ccccc2)[C@H](c2cccc(F)c2C)[C@@H]([C@H]2NCCC[C@@H]2C(F)(F)F)C1. The highest BCUT2D eigenvalue weighted by atomic mass is 19.4. The first-order chi connectivity index (χ1) is 17.2. The number of hydrogen-bond donors (Lipinski definition) is 1. The molecule has 2 aromatic rings. The van der Waals surface area contributed by atoms with E-state index < -0.39 is 41.7 Å². The second kappa shape index (κ2) is 11.4. The van der Waals surface area contributed by atoms with E-state index in [1.807, 2.05) is 11.0 Å². The largest absolute Gasteiger partial charge is 0.393 e. The quantitative estimate of drug-likeness (QED) is 0.413. The molecule has 2 aromatic carbocycles. The van der Waals surface area contributed by atoms with Gasteiger partial charge in [-0.3, -0.25) is 9.69 Å². The number of piperidine rings is 2. The van der Waals surface area contributed by atoms with Crippen molar-refractivity contribution in [3.63, 3.8) is 0 Å². The van der Waals surface area contributed by atoms with Crippen molar-refractivity contribution in [2.45, 2.75) is 37.9 Å². The minimum Gasteiger partial charge on any atom is -0.383 e. The fraction of sp³-hybridized carbons (Fsp3) is 0.536. The highest BCUT2D eigenvalue weighted by Gasteiger charge is 2.53. The van der Waals surface area contributed by atoms with Crippen molar-refractivity contribution in [1.82, 2.24) is 10.2 Å². The van der Waals surface area contributed by atoms with Gasteiger partial charge in [-0.15, -0.1) is 0 Å². The number of nitrogens with one attached hydrogen (secondary N) is 1. The summed E-state index contributed by atoms with van der Waals surface area (Å²) in [5, 5.41) is 3.17. The predicted molar refractivity (Wildman–Crippen MR) is 131 cm³/mol. The van der Waals surface area contributed by atoms with Gasteiger partial charge in [0.15, 0.2) is 5.78 Å². The highest BCUT2D eigenvalue weighted by molar-refractivity contribution is 5.98. The number of carbonyl (C=O) groups is 1. The molecule has 2 fully saturated rings. The molecular weight excluding hydrogens is 472 g/mol. The molecule has 0 bridgehead atoms. The molecule has 196 valence electrons. The second-order valence-corrected chi connectivity index (χ2v) is 10.0. The lowest BCUT2D eigenvalue weighted by Crippen LogP contribution is -2.60. The Morgan fingerprint density at radius 3 is 2.56 bits per heavy atom. The molecule has 1 unspecified atom stereocenters. The fourth-order valence-corrected chi connectivity index (χ4v) is 6.14. The van der Waals surface area contributed by atoms with Gasteiger partial charge in [0.1, 0.15) is 5.82 Å². The maximum absolute atomic E-state index is 14.8. The predicted octanol–water partition coefficient (Wildman–Crippen LogP) is 5.23. The Kier molecular flexibility index (Phi) is 8.48. The number of carbonyl (C=O) groups excluding carboxylic acids is 1. The molecule has 4 nitrogen and oxygen atoms in total. The van der Waals surface area contributed by atoms with Gasteiger partial charge in [-0.1, -0.05) is 42.5 Å². The van der Waals surface area contributed by atoms with Crippen LogP contribution in [-0.4, -0.2) is 62.8 Å². The van der Waals surface area contributed by atoms with E-state index in [1.54, 1.807) is 50.4 Å². The Bertz CT molecular complexity index is 1030. The first kappa shape index (κ1) is 26.8. The van der Waals surface area contributed by atoms with Crippen LogP contribution in [0.1, 0.15) is 40.2 Å². The molecule has 4 rings (SSSR count). The smallest absolute Gasteiger partial charge is 0.383 e. The molecule has 1 N–H and O–H groups in total. The zero-order valence-electron chi connectivity index (χ0n) is 20.7. The minimum atomic E-state index is -4.37. The van der Waals surface area contributed by atoms with Crippen LogP contribution in [0.4, 0.5) is 17.6 Å². The minimum absolute atomic E-state index is 0.0435. The number of benzene rings is 2. The van der Waals surface area contributed by atoms with E-state index in [-0.39, 0.29) is 12.2 Å². The van der Waals surface area contributed by atoms with Gasteiger partial charge in [0.25, 0.3) is 0 Å². The standard InChI is InChI=1S/C28H34F4N2O2/c1-18-20(10-6-12-24(18)29)25-21(26-23(28(30,31)32)11-7-13-33-26)16-34(14-15-36-2)17-22(25)27(35)19-8-4-3-5-9-19/h3-6,8-10,12,21-23,25-26,33H,7,11,13-17H2,1-2H3/t21-,22?,23-,25+,26+/m0/s1. The van der Waals surface area contributed by atoms with Gasteiger partial charge in [-0.25, -0.2) is 4.39 Å². The van der Waals surface area contributed by atoms with Crippen LogP contribution in [0.3, 0.4) is 0 Å². The highest BCUT2D eigenvalue weighted by Crippen LogP contribution is 2.47. The van der Waals surface area contributed by atoms with Gasteiger partial charge in [0.2, 0.25) is 0 Å². The number of ketones is 1. The van der Waals surface area contributed by atoms with Crippen LogP contribution < -0.4 is 5.32 Å². The Labute approximate surface area is 210 Å². The van der Waals surface area contributed by atoms with Crippen molar-refractivity contribution in [3.8, 4) is 0 Å². The van der Waals surface area contributed by atoms with E-state index in [2.05, 4.69) is 5.32 Å². The lowest BCUT2D eigenvalue weighted by Gasteiger charge is -2.50. The number of Topliss-reactive ketones (excluding diaryl/α,β-unsaturated/α-hetero) is 1. The van der Waals surface area contributed by atoms with Crippen LogP contribution in [0.25, 0.3) is 0 Å². The Morgan fingerprint density at radius 1 is 1.11 bits per heavy atom. The number of alkyl halides is 3. The normalized spacial score (nSPS) is 27.7. The van der Waals surface area contributed by atoms with Gasteiger partial charge in [0.05, 0.1) is 12.5 Å². The fourth-order valence-electron chi connectivity index (χ4n) is 6.14. The van der Waals surface area contributed by atoms with E-state index in [0.29, 0.717) is 55.9 Å². The lowest BCUT2D eigenvalue weighted by atomic mass is 9.64. The Balaban J connectivity index is 1.84. The van der Waals surface area contributed by atoms with Crippen LogP contribution in [0.5, 0.6) is 0 Å². The van der Waals surface area contributed by atoms with Crippen molar-refractivity contribution in [2.24, 2.45) is 17.8 Å². The summed E-state index contributed by atoms with van der Waals surface area (Å²) in [4.78, 5) is 15.9. The molecule has 0 saturated carbocycles. The van der Waals surface area contributed by atoms with E-state index in [9.17, 15) is 22.4 Å². The monoisotopic (exact) mass is 506 g/mol. The van der Waals surface area contributed by atoms with Crippen LogP contribution in [0, 0.1) is 30.5 Å². The van der Waals surface area contributed by atoms with Gasteiger partial charge in [0, 0.05) is 50.2 Å².